The molecular formula is C24H30N2O. The van der Waals surface area contributed by atoms with E-state index in [2.05, 4.69) is 47.1 Å². The molecule has 0 amide bonds. The molecule has 3 heteroatoms. The van der Waals surface area contributed by atoms with Crippen LogP contribution in [0.2, 0.25) is 0 Å². The van der Waals surface area contributed by atoms with Gasteiger partial charge in [-0.2, -0.15) is 0 Å². The van der Waals surface area contributed by atoms with Gasteiger partial charge in [0.05, 0.1) is 11.8 Å². The summed E-state index contributed by atoms with van der Waals surface area (Å²) in [5.74, 6) is 2.14. The normalized spacial score (nSPS) is 33.0. The van der Waals surface area contributed by atoms with E-state index < -0.39 is 6.10 Å². The number of pyridine rings is 1. The predicted molar refractivity (Wildman–Crippen MR) is 108 cm³/mol. The molecule has 3 aliphatic rings. The molecule has 142 valence electrons. The first-order chi connectivity index (χ1) is 13.2. The molecule has 2 bridgehead atoms. The minimum Gasteiger partial charge on any atom is -0.387 e. The number of piperidine rings is 1. The Hall–Kier alpha value is -1.71. The molecule has 0 spiro atoms. The van der Waals surface area contributed by atoms with Crippen LogP contribution in [0, 0.1) is 18.8 Å². The number of likely N-dealkylation sites (tertiary alicyclic amines) is 1. The van der Waals surface area contributed by atoms with Crippen molar-refractivity contribution < 1.29 is 5.11 Å². The van der Waals surface area contributed by atoms with Crippen molar-refractivity contribution in [3.05, 3.63) is 65.0 Å². The smallest absolute Gasteiger partial charge is 0.0965 e. The van der Waals surface area contributed by atoms with Gasteiger partial charge in [0.15, 0.2) is 0 Å². The summed E-state index contributed by atoms with van der Waals surface area (Å²) in [6, 6.07) is 13.8. The van der Waals surface area contributed by atoms with E-state index in [-0.39, 0.29) is 0 Å². The Morgan fingerprint density at radius 3 is 2.81 bits per heavy atom. The number of nitrogens with zero attached hydrogens (tertiary/aromatic N) is 2. The first kappa shape index (κ1) is 17.4. The van der Waals surface area contributed by atoms with Crippen molar-refractivity contribution in [3.8, 4) is 0 Å². The van der Waals surface area contributed by atoms with Gasteiger partial charge in [0.1, 0.15) is 0 Å². The van der Waals surface area contributed by atoms with Gasteiger partial charge < -0.3 is 5.11 Å². The van der Waals surface area contributed by atoms with E-state index in [9.17, 15) is 5.11 Å². The summed E-state index contributed by atoms with van der Waals surface area (Å²) in [5, 5.41) is 10.7. The molecule has 1 aromatic carbocycles. The number of fused-ring (bicyclic) bond motifs is 3. The van der Waals surface area contributed by atoms with E-state index in [0.29, 0.717) is 5.92 Å². The fourth-order valence-corrected chi connectivity index (χ4v) is 6.02. The third-order valence-electron chi connectivity index (χ3n) is 7.36. The maximum atomic E-state index is 10.7. The monoisotopic (exact) mass is 362 g/mol. The van der Waals surface area contributed by atoms with Crippen LogP contribution in [0.5, 0.6) is 0 Å². The summed E-state index contributed by atoms with van der Waals surface area (Å²) in [7, 11) is 0. The van der Waals surface area contributed by atoms with E-state index in [1.165, 1.54) is 36.9 Å². The van der Waals surface area contributed by atoms with Gasteiger partial charge in [0.25, 0.3) is 0 Å². The summed E-state index contributed by atoms with van der Waals surface area (Å²) in [6.07, 6.45) is 7.17. The summed E-state index contributed by atoms with van der Waals surface area (Å²) in [6.45, 7) is 4.64. The number of aliphatic hydroxyl groups is 1. The molecule has 5 rings (SSSR count). The van der Waals surface area contributed by atoms with E-state index in [0.717, 1.165) is 43.0 Å². The lowest BCUT2D eigenvalue weighted by atomic mass is 9.85. The average molecular weight is 363 g/mol. The van der Waals surface area contributed by atoms with Crippen molar-refractivity contribution in [3.63, 3.8) is 0 Å². The Balaban J connectivity index is 1.24. The third-order valence-corrected chi connectivity index (χ3v) is 7.36. The molecular weight excluding hydrogens is 332 g/mol. The van der Waals surface area contributed by atoms with Gasteiger partial charge in [-0.3, -0.25) is 9.88 Å². The zero-order valence-corrected chi connectivity index (χ0v) is 16.2. The molecule has 0 radical (unpaired) electrons. The largest absolute Gasteiger partial charge is 0.387 e. The first-order valence-electron chi connectivity index (χ1n) is 10.6. The molecule has 27 heavy (non-hydrogen) atoms. The van der Waals surface area contributed by atoms with Crippen molar-refractivity contribution >= 4 is 0 Å². The van der Waals surface area contributed by atoms with Gasteiger partial charge in [0, 0.05) is 25.3 Å². The second kappa shape index (κ2) is 7.03. The second-order valence-electron chi connectivity index (χ2n) is 9.01. The topological polar surface area (TPSA) is 36.4 Å². The Morgan fingerprint density at radius 2 is 2.00 bits per heavy atom. The Labute approximate surface area is 162 Å². The molecule has 1 saturated carbocycles. The van der Waals surface area contributed by atoms with Crippen LogP contribution < -0.4 is 0 Å². The second-order valence-corrected chi connectivity index (χ2v) is 9.01. The van der Waals surface area contributed by atoms with E-state index in [4.69, 9.17) is 0 Å². The van der Waals surface area contributed by atoms with Gasteiger partial charge in [-0.1, -0.05) is 30.3 Å². The van der Waals surface area contributed by atoms with E-state index >= 15 is 0 Å². The van der Waals surface area contributed by atoms with Gasteiger partial charge >= 0.3 is 0 Å². The van der Waals surface area contributed by atoms with Crippen LogP contribution in [-0.2, 0) is 6.42 Å². The van der Waals surface area contributed by atoms with Crippen molar-refractivity contribution in [2.24, 2.45) is 11.8 Å². The average Bonchev–Trinajstić information content (AvgIpc) is 3.22. The SMILES string of the molecule is Cc1ccccc1[C@H]1CC2CC1CN2C[C@@H]1CCc2cccnc2[C@@H](O)C1. The molecule has 2 fully saturated rings. The lowest BCUT2D eigenvalue weighted by Crippen LogP contribution is -2.38. The van der Waals surface area contributed by atoms with Crippen LogP contribution in [0.15, 0.2) is 42.6 Å². The fraction of sp³-hybridized carbons (Fsp3) is 0.542. The van der Waals surface area contributed by atoms with Crippen molar-refractivity contribution in [1.82, 2.24) is 9.88 Å². The molecule has 3 nitrogen and oxygen atoms in total. The molecule has 2 heterocycles. The highest BCUT2D eigenvalue weighted by Crippen LogP contribution is 2.48. The van der Waals surface area contributed by atoms with Gasteiger partial charge in [-0.05, 0) is 79.5 Å². The number of rotatable bonds is 3. The summed E-state index contributed by atoms with van der Waals surface area (Å²) < 4.78 is 0. The van der Waals surface area contributed by atoms with Crippen LogP contribution in [0.1, 0.15) is 60.1 Å². The fourth-order valence-electron chi connectivity index (χ4n) is 6.02. The summed E-state index contributed by atoms with van der Waals surface area (Å²) >= 11 is 0. The van der Waals surface area contributed by atoms with Crippen molar-refractivity contribution in [2.45, 2.75) is 57.1 Å². The Morgan fingerprint density at radius 1 is 1.11 bits per heavy atom. The van der Waals surface area contributed by atoms with Crippen molar-refractivity contribution in [2.75, 3.05) is 13.1 Å². The Bertz CT molecular complexity index is 820. The van der Waals surface area contributed by atoms with Crippen LogP contribution in [0.4, 0.5) is 0 Å². The minimum absolute atomic E-state index is 0.395. The van der Waals surface area contributed by atoms with Gasteiger partial charge in [-0.15, -0.1) is 0 Å². The Kier molecular flexibility index (Phi) is 4.53. The lowest BCUT2D eigenvalue weighted by Gasteiger charge is -2.34. The minimum atomic E-state index is -0.395. The van der Waals surface area contributed by atoms with E-state index in [1.807, 2.05) is 12.3 Å². The molecule has 1 aliphatic heterocycles. The number of aliphatic hydroxyl groups excluding tert-OH is 1. The maximum Gasteiger partial charge on any atom is 0.0965 e. The molecule has 2 aliphatic carbocycles. The lowest BCUT2D eigenvalue weighted by molar-refractivity contribution is 0.110. The molecule has 2 aromatic rings. The maximum absolute atomic E-state index is 10.7. The highest BCUT2D eigenvalue weighted by Gasteiger charge is 2.45. The third kappa shape index (κ3) is 3.21. The highest BCUT2D eigenvalue weighted by atomic mass is 16.3. The van der Waals surface area contributed by atoms with Crippen LogP contribution in [0.3, 0.4) is 0 Å². The number of hydrogen-bond acceptors (Lipinski definition) is 3. The van der Waals surface area contributed by atoms with Crippen LogP contribution in [0.25, 0.3) is 0 Å². The quantitative estimate of drug-likeness (QED) is 0.829. The van der Waals surface area contributed by atoms with Crippen LogP contribution >= 0.6 is 0 Å². The van der Waals surface area contributed by atoms with E-state index in [1.54, 1.807) is 5.56 Å². The number of benzene rings is 1. The summed E-state index contributed by atoms with van der Waals surface area (Å²) in [4.78, 5) is 7.19. The molecule has 1 N–H and O–H groups in total. The number of aromatic nitrogens is 1. The molecule has 1 saturated heterocycles. The molecule has 2 unspecified atom stereocenters. The first-order valence-corrected chi connectivity index (χ1v) is 10.6. The molecule has 1 aromatic heterocycles. The highest BCUT2D eigenvalue weighted by molar-refractivity contribution is 5.32. The van der Waals surface area contributed by atoms with Crippen LogP contribution in [-0.4, -0.2) is 34.1 Å². The van der Waals surface area contributed by atoms with Crippen molar-refractivity contribution in [1.29, 1.82) is 0 Å². The zero-order valence-electron chi connectivity index (χ0n) is 16.2. The zero-order chi connectivity index (χ0) is 18.4. The number of hydrogen-bond donors (Lipinski definition) is 1. The predicted octanol–water partition coefficient (Wildman–Crippen LogP) is 4.25. The standard InChI is InChI=1S/C24H30N2O/c1-16-5-2-3-7-21(16)22-13-20-12-19(22)15-26(20)14-17-8-9-18-6-4-10-25-24(18)23(27)11-17/h2-7,10,17,19-20,22-23,27H,8-9,11-15H2,1H3/t17-,19?,20?,22+,23+/m1/s1. The van der Waals surface area contributed by atoms with Gasteiger partial charge in [-0.25, -0.2) is 0 Å². The number of aryl methyl sites for hydroxylation is 2. The summed E-state index contributed by atoms with van der Waals surface area (Å²) in [5.41, 5.74) is 5.20. The molecule has 5 atom stereocenters. The van der Waals surface area contributed by atoms with Gasteiger partial charge in [0.2, 0.25) is 0 Å².